The first-order valence-electron chi connectivity index (χ1n) is 10.7. The lowest BCUT2D eigenvalue weighted by Gasteiger charge is -2.16. The SMILES string of the molecule is O=C(Nc1ccc(Oc2ccc3ncc(N4CCCC4)nc3c2)c(F)c1F)c1cccc(Cl)c1. The minimum atomic E-state index is -1.23. The van der Waals surface area contributed by atoms with Gasteiger partial charge in [0.2, 0.25) is 5.82 Å². The molecule has 1 saturated heterocycles. The fourth-order valence-electron chi connectivity index (χ4n) is 3.80. The molecule has 1 amide bonds. The zero-order chi connectivity index (χ0) is 23.7. The van der Waals surface area contributed by atoms with E-state index in [4.69, 9.17) is 16.3 Å². The molecule has 4 aromatic rings. The van der Waals surface area contributed by atoms with Crippen molar-refractivity contribution in [2.45, 2.75) is 12.8 Å². The number of nitrogens with one attached hydrogen (secondary N) is 1. The number of hydrogen-bond donors (Lipinski definition) is 1. The number of anilines is 2. The highest BCUT2D eigenvalue weighted by Crippen LogP contribution is 2.31. The van der Waals surface area contributed by atoms with Gasteiger partial charge in [-0.1, -0.05) is 17.7 Å². The topological polar surface area (TPSA) is 67.3 Å². The van der Waals surface area contributed by atoms with Crippen molar-refractivity contribution >= 4 is 40.0 Å². The van der Waals surface area contributed by atoms with Crippen LogP contribution in [0.15, 0.2) is 60.8 Å². The predicted octanol–water partition coefficient (Wildman–Crippen LogP) is 6.21. The van der Waals surface area contributed by atoms with Crippen LogP contribution in [-0.2, 0) is 0 Å². The van der Waals surface area contributed by atoms with Gasteiger partial charge in [-0.15, -0.1) is 0 Å². The van der Waals surface area contributed by atoms with Gasteiger partial charge in [0.05, 0.1) is 22.9 Å². The van der Waals surface area contributed by atoms with Crippen molar-refractivity contribution in [3.05, 3.63) is 83.0 Å². The van der Waals surface area contributed by atoms with Gasteiger partial charge in [-0.05, 0) is 55.3 Å². The molecule has 0 saturated carbocycles. The third-order valence-electron chi connectivity index (χ3n) is 5.54. The second-order valence-corrected chi connectivity index (χ2v) is 8.32. The molecule has 1 fully saturated rings. The summed E-state index contributed by atoms with van der Waals surface area (Å²) in [6, 6.07) is 13.6. The van der Waals surface area contributed by atoms with Crippen molar-refractivity contribution in [3.63, 3.8) is 0 Å². The molecule has 2 heterocycles. The number of rotatable bonds is 5. The summed E-state index contributed by atoms with van der Waals surface area (Å²) in [5, 5.41) is 2.71. The van der Waals surface area contributed by atoms with Gasteiger partial charge in [-0.2, -0.15) is 4.39 Å². The van der Waals surface area contributed by atoms with Gasteiger partial charge >= 0.3 is 0 Å². The Morgan fingerprint density at radius 1 is 1.00 bits per heavy atom. The van der Waals surface area contributed by atoms with Crippen molar-refractivity contribution in [1.82, 2.24) is 9.97 Å². The summed E-state index contributed by atoms with van der Waals surface area (Å²) in [6.45, 7) is 1.86. The maximum Gasteiger partial charge on any atom is 0.255 e. The van der Waals surface area contributed by atoms with E-state index in [-0.39, 0.29) is 22.7 Å². The lowest BCUT2D eigenvalue weighted by Crippen LogP contribution is -2.19. The maximum absolute atomic E-state index is 14.7. The molecule has 0 aliphatic carbocycles. The zero-order valence-corrected chi connectivity index (χ0v) is 18.6. The molecular formula is C25H19ClF2N4O2. The third kappa shape index (κ3) is 4.49. The van der Waals surface area contributed by atoms with Crippen molar-refractivity contribution in [2.75, 3.05) is 23.3 Å². The lowest BCUT2D eigenvalue weighted by molar-refractivity contribution is 0.102. The number of fused-ring (bicyclic) bond motifs is 1. The van der Waals surface area contributed by atoms with Crippen LogP contribution in [0.1, 0.15) is 23.2 Å². The molecule has 0 radical (unpaired) electrons. The van der Waals surface area contributed by atoms with Crippen LogP contribution >= 0.6 is 11.6 Å². The molecule has 1 aliphatic heterocycles. The van der Waals surface area contributed by atoms with E-state index in [1.54, 1.807) is 36.5 Å². The first-order valence-corrected chi connectivity index (χ1v) is 11.1. The average Bonchev–Trinajstić information content (AvgIpc) is 3.38. The largest absolute Gasteiger partial charge is 0.454 e. The van der Waals surface area contributed by atoms with Crippen LogP contribution in [0.4, 0.5) is 20.3 Å². The molecule has 0 unspecified atom stereocenters. The van der Waals surface area contributed by atoms with Crippen molar-refractivity contribution in [1.29, 1.82) is 0 Å². The molecule has 1 N–H and O–H groups in total. The minimum Gasteiger partial charge on any atom is -0.454 e. The highest BCUT2D eigenvalue weighted by molar-refractivity contribution is 6.31. The van der Waals surface area contributed by atoms with Gasteiger partial charge in [-0.3, -0.25) is 9.78 Å². The Balaban J connectivity index is 1.36. The number of nitrogens with zero attached hydrogens (tertiary/aromatic N) is 3. The van der Waals surface area contributed by atoms with E-state index in [0.29, 0.717) is 16.1 Å². The van der Waals surface area contributed by atoms with Crippen LogP contribution in [0.2, 0.25) is 5.02 Å². The summed E-state index contributed by atoms with van der Waals surface area (Å²) in [5.74, 6) is -2.32. The molecule has 172 valence electrons. The molecule has 34 heavy (non-hydrogen) atoms. The molecule has 3 aromatic carbocycles. The van der Waals surface area contributed by atoms with E-state index >= 15 is 0 Å². The van der Waals surface area contributed by atoms with Gasteiger partial charge in [0.15, 0.2) is 11.6 Å². The van der Waals surface area contributed by atoms with Crippen LogP contribution < -0.4 is 15.0 Å². The summed E-state index contributed by atoms with van der Waals surface area (Å²) in [7, 11) is 0. The first kappa shape index (κ1) is 22.0. The average molecular weight is 481 g/mol. The second-order valence-electron chi connectivity index (χ2n) is 7.88. The first-order chi connectivity index (χ1) is 16.5. The molecule has 1 aliphatic rings. The van der Waals surface area contributed by atoms with Crippen LogP contribution in [0.3, 0.4) is 0 Å². The van der Waals surface area contributed by atoms with E-state index in [2.05, 4.69) is 20.2 Å². The van der Waals surface area contributed by atoms with Gasteiger partial charge in [0.25, 0.3) is 5.91 Å². The van der Waals surface area contributed by atoms with Gasteiger partial charge < -0.3 is 15.0 Å². The summed E-state index contributed by atoms with van der Waals surface area (Å²) >= 11 is 5.88. The molecule has 9 heteroatoms. The fraction of sp³-hybridized carbons (Fsp3) is 0.160. The monoisotopic (exact) mass is 480 g/mol. The number of aromatic nitrogens is 2. The molecular weight excluding hydrogens is 462 g/mol. The Kier molecular flexibility index (Phi) is 5.98. The Morgan fingerprint density at radius 2 is 1.82 bits per heavy atom. The minimum absolute atomic E-state index is 0.221. The third-order valence-corrected chi connectivity index (χ3v) is 5.78. The van der Waals surface area contributed by atoms with Crippen molar-refractivity contribution < 1.29 is 18.3 Å². The number of ether oxygens (including phenoxy) is 1. The van der Waals surface area contributed by atoms with Crippen LogP contribution in [0, 0.1) is 11.6 Å². The number of carbonyl (C=O) groups is 1. The van der Waals surface area contributed by atoms with E-state index in [9.17, 15) is 13.6 Å². The van der Waals surface area contributed by atoms with Gasteiger partial charge in [0, 0.05) is 29.7 Å². The van der Waals surface area contributed by atoms with Gasteiger partial charge in [0.1, 0.15) is 11.6 Å². The summed E-state index contributed by atoms with van der Waals surface area (Å²) < 4.78 is 35.0. The van der Waals surface area contributed by atoms with Crippen molar-refractivity contribution in [2.24, 2.45) is 0 Å². The summed E-state index contributed by atoms with van der Waals surface area (Å²) in [5.41, 5.74) is 1.17. The van der Waals surface area contributed by atoms with E-state index in [0.717, 1.165) is 31.7 Å². The predicted molar refractivity (Wildman–Crippen MR) is 127 cm³/mol. The zero-order valence-electron chi connectivity index (χ0n) is 17.9. The lowest BCUT2D eigenvalue weighted by atomic mass is 10.2. The number of halogens is 3. The van der Waals surface area contributed by atoms with E-state index < -0.39 is 17.5 Å². The smallest absolute Gasteiger partial charge is 0.255 e. The maximum atomic E-state index is 14.7. The normalized spacial score (nSPS) is 13.3. The van der Waals surface area contributed by atoms with Crippen molar-refractivity contribution in [3.8, 4) is 11.5 Å². The Morgan fingerprint density at radius 3 is 2.62 bits per heavy atom. The molecule has 5 rings (SSSR count). The van der Waals surface area contributed by atoms with Crippen LogP contribution in [0.25, 0.3) is 11.0 Å². The molecule has 0 bridgehead atoms. The Hall–Kier alpha value is -3.78. The van der Waals surface area contributed by atoms with E-state index in [1.807, 2.05) is 0 Å². The number of benzene rings is 3. The summed E-state index contributed by atoms with van der Waals surface area (Å²) in [6.07, 6.45) is 3.96. The van der Waals surface area contributed by atoms with Gasteiger partial charge in [-0.25, -0.2) is 9.37 Å². The fourth-order valence-corrected chi connectivity index (χ4v) is 3.99. The number of carbonyl (C=O) groups excluding carboxylic acids is 1. The van der Waals surface area contributed by atoms with Crippen LogP contribution in [0.5, 0.6) is 11.5 Å². The molecule has 0 spiro atoms. The highest BCUT2D eigenvalue weighted by Gasteiger charge is 2.19. The quantitative estimate of drug-likeness (QED) is 0.368. The summed E-state index contributed by atoms with van der Waals surface area (Å²) in [4.78, 5) is 23.6. The number of hydrogen-bond acceptors (Lipinski definition) is 5. The van der Waals surface area contributed by atoms with E-state index in [1.165, 1.54) is 24.3 Å². The Bertz CT molecular complexity index is 1390. The standard InChI is InChI=1S/C25H19ClF2N4O2/c26-16-5-3-4-15(12-16)25(33)31-19-8-9-21(24(28)23(19)27)34-17-6-7-18-20(13-17)30-22(14-29-18)32-10-1-2-11-32/h3-9,12-14H,1-2,10-11H2,(H,31,33). The Labute approximate surface area is 199 Å². The highest BCUT2D eigenvalue weighted by atomic mass is 35.5. The molecule has 6 nitrogen and oxygen atoms in total. The number of amides is 1. The second kappa shape index (κ2) is 9.23. The van der Waals surface area contributed by atoms with Crippen LogP contribution in [-0.4, -0.2) is 29.0 Å². The molecule has 0 atom stereocenters. The molecule has 1 aromatic heterocycles.